The zero-order chi connectivity index (χ0) is 24.6. The molecule has 1 atom stereocenters. The Bertz CT molecular complexity index is 1180. The summed E-state index contributed by atoms with van der Waals surface area (Å²) >= 11 is 0. The number of hydrogen-bond acceptors (Lipinski definition) is 5. The van der Waals surface area contributed by atoms with Crippen molar-refractivity contribution in [3.05, 3.63) is 90.0 Å². The topological polar surface area (TPSA) is 87.7 Å². The number of carbonyl (C=O) groups excluding carboxylic acids is 1. The van der Waals surface area contributed by atoms with Gasteiger partial charge in [-0.1, -0.05) is 50.2 Å². The van der Waals surface area contributed by atoms with Gasteiger partial charge in [0.1, 0.15) is 5.75 Å². The fourth-order valence-corrected chi connectivity index (χ4v) is 4.87. The van der Waals surface area contributed by atoms with Gasteiger partial charge >= 0.3 is 0 Å². The number of methoxy groups -OCH3 is 1. The fraction of sp³-hybridized carbons (Fsp3) is 0.269. The van der Waals surface area contributed by atoms with Crippen molar-refractivity contribution in [2.24, 2.45) is 0 Å². The van der Waals surface area contributed by atoms with E-state index in [9.17, 15) is 13.2 Å². The third-order valence-electron chi connectivity index (χ3n) is 5.64. The lowest BCUT2D eigenvalue weighted by Crippen LogP contribution is -2.38. The van der Waals surface area contributed by atoms with Crippen molar-refractivity contribution in [3.63, 3.8) is 0 Å². The Morgan fingerprint density at radius 3 is 2.24 bits per heavy atom. The van der Waals surface area contributed by atoms with Crippen molar-refractivity contribution in [2.45, 2.75) is 24.8 Å². The predicted octanol–water partition coefficient (Wildman–Crippen LogP) is 4.31. The molecule has 0 aliphatic rings. The minimum atomic E-state index is -3.86. The van der Waals surface area contributed by atoms with E-state index in [0.29, 0.717) is 18.0 Å². The van der Waals surface area contributed by atoms with E-state index in [4.69, 9.17) is 4.74 Å². The van der Waals surface area contributed by atoms with Gasteiger partial charge in [0.25, 0.3) is 15.9 Å². The van der Waals surface area contributed by atoms with Crippen LogP contribution in [0.25, 0.3) is 0 Å². The second kappa shape index (κ2) is 11.7. The molecule has 3 rings (SSSR count). The van der Waals surface area contributed by atoms with E-state index in [1.165, 1.54) is 12.1 Å². The van der Waals surface area contributed by atoms with E-state index in [0.717, 1.165) is 18.7 Å². The minimum Gasteiger partial charge on any atom is -0.497 e. The van der Waals surface area contributed by atoms with Crippen molar-refractivity contribution in [1.29, 1.82) is 0 Å². The van der Waals surface area contributed by atoms with Crippen LogP contribution in [0.2, 0.25) is 0 Å². The number of nitrogens with one attached hydrogen (secondary N) is 2. The van der Waals surface area contributed by atoms with Crippen LogP contribution in [0.15, 0.2) is 83.8 Å². The lowest BCUT2D eigenvalue weighted by Gasteiger charge is -2.30. The molecule has 180 valence electrons. The number of benzene rings is 3. The number of sulfonamides is 1. The van der Waals surface area contributed by atoms with E-state index in [-0.39, 0.29) is 22.4 Å². The van der Waals surface area contributed by atoms with Crippen molar-refractivity contribution in [3.8, 4) is 5.75 Å². The summed E-state index contributed by atoms with van der Waals surface area (Å²) in [6.45, 7) is 6.27. The zero-order valence-corrected chi connectivity index (χ0v) is 20.5. The Hall–Kier alpha value is -3.36. The molecule has 0 spiro atoms. The number of ether oxygens (including phenoxy) is 1. The van der Waals surface area contributed by atoms with Crippen molar-refractivity contribution in [1.82, 2.24) is 10.2 Å². The first-order valence-corrected chi connectivity index (χ1v) is 12.7. The first-order valence-electron chi connectivity index (χ1n) is 11.2. The number of carbonyl (C=O) groups is 1. The average molecular weight is 482 g/mol. The summed E-state index contributed by atoms with van der Waals surface area (Å²) in [5.41, 5.74) is 1.80. The van der Waals surface area contributed by atoms with Crippen LogP contribution in [0.5, 0.6) is 5.75 Å². The highest BCUT2D eigenvalue weighted by Gasteiger charge is 2.20. The standard InChI is InChI=1S/C26H31N3O4S/c1-4-29(5-2)25(20-10-7-6-8-11-20)19-27-26(30)21-12-9-13-24(18-21)34(31,32)28-22-14-16-23(33-3)17-15-22/h6-18,25,28H,4-5,19H2,1-3H3,(H,27,30). The molecule has 0 aliphatic heterocycles. The number of likely N-dealkylation sites (N-methyl/N-ethyl adjacent to an activating group) is 1. The molecule has 0 fully saturated rings. The number of anilines is 1. The molecule has 0 saturated carbocycles. The van der Waals surface area contributed by atoms with Gasteiger partial charge in [0.15, 0.2) is 0 Å². The third kappa shape index (κ3) is 6.36. The summed E-state index contributed by atoms with van der Waals surface area (Å²) in [6.07, 6.45) is 0. The molecule has 8 heteroatoms. The Kier molecular flexibility index (Phi) is 8.67. The van der Waals surface area contributed by atoms with Crippen LogP contribution in [0.1, 0.15) is 35.8 Å². The molecular weight excluding hydrogens is 450 g/mol. The molecule has 0 aromatic heterocycles. The summed E-state index contributed by atoms with van der Waals surface area (Å²) in [5, 5.41) is 2.98. The monoisotopic (exact) mass is 481 g/mol. The molecule has 0 saturated heterocycles. The summed E-state index contributed by atoms with van der Waals surface area (Å²) in [5.74, 6) is 0.301. The maximum Gasteiger partial charge on any atom is 0.261 e. The van der Waals surface area contributed by atoms with Gasteiger partial charge in [-0.2, -0.15) is 0 Å². The minimum absolute atomic E-state index is 0.0133. The molecule has 0 radical (unpaired) electrons. The highest BCUT2D eigenvalue weighted by atomic mass is 32.2. The molecule has 1 amide bonds. The van der Waals surface area contributed by atoms with Gasteiger partial charge in [0.05, 0.1) is 18.0 Å². The SMILES string of the molecule is CCN(CC)C(CNC(=O)c1cccc(S(=O)(=O)Nc2ccc(OC)cc2)c1)c1ccccc1. The highest BCUT2D eigenvalue weighted by molar-refractivity contribution is 7.92. The maximum atomic E-state index is 12.9. The summed E-state index contributed by atoms with van der Waals surface area (Å²) < 4.78 is 33.4. The maximum absolute atomic E-state index is 12.9. The first kappa shape index (κ1) is 25.3. The van der Waals surface area contributed by atoms with Gasteiger partial charge in [0, 0.05) is 17.8 Å². The van der Waals surface area contributed by atoms with Crippen LogP contribution in [-0.2, 0) is 10.0 Å². The smallest absolute Gasteiger partial charge is 0.261 e. The molecule has 34 heavy (non-hydrogen) atoms. The van der Waals surface area contributed by atoms with E-state index in [1.54, 1.807) is 43.5 Å². The fourth-order valence-electron chi connectivity index (χ4n) is 3.77. The van der Waals surface area contributed by atoms with Gasteiger partial charge in [-0.25, -0.2) is 8.42 Å². The van der Waals surface area contributed by atoms with Gasteiger partial charge in [-0.05, 0) is 61.1 Å². The van der Waals surface area contributed by atoms with Crippen molar-refractivity contribution < 1.29 is 17.9 Å². The second-order valence-corrected chi connectivity index (χ2v) is 9.40. The second-order valence-electron chi connectivity index (χ2n) is 7.72. The molecular formula is C26H31N3O4S. The molecule has 0 bridgehead atoms. The molecule has 3 aromatic rings. The van der Waals surface area contributed by atoms with E-state index in [2.05, 4.69) is 28.8 Å². The number of rotatable bonds is 11. The largest absolute Gasteiger partial charge is 0.497 e. The van der Waals surface area contributed by atoms with E-state index in [1.807, 2.05) is 30.3 Å². The number of nitrogens with zero attached hydrogens (tertiary/aromatic N) is 1. The lowest BCUT2D eigenvalue weighted by molar-refractivity contribution is 0.0934. The van der Waals surface area contributed by atoms with Crippen LogP contribution in [0.3, 0.4) is 0 Å². The van der Waals surface area contributed by atoms with Gasteiger partial charge in [0.2, 0.25) is 0 Å². The normalized spacial score (nSPS) is 12.2. The Morgan fingerprint density at radius 1 is 0.941 bits per heavy atom. The third-order valence-corrected chi connectivity index (χ3v) is 7.02. The molecule has 7 nitrogen and oxygen atoms in total. The molecule has 1 unspecified atom stereocenters. The molecule has 0 aliphatic carbocycles. The van der Waals surface area contributed by atoms with Crippen LogP contribution >= 0.6 is 0 Å². The zero-order valence-electron chi connectivity index (χ0n) is 19.7. The highest BCUT2D eigenvalue weighted by Crippen LogP contribution is 2.21. The molecule has 0 heterocycles. The summed E-state index contributed by atoms with van der Waals surface area (Å²) in [7, 11) is -2.32. The Labute approximate surface area is 201 Å². The lowest BCUT2D eigenvalue weighted by atomic mass is 10.0. The number of amides is 1. The van der Waals surface area contributed by atoms with Crippen LogP contribution in [0.4, 0.5) is 5.69 Å². The summed E-state index contributed by atoms with van der Waals surface area (Å²) in [6, 6.07) is 22.6. The molecule has 3 aromatic carbocycles. The van der Waals surface area contributed by atoms with E-state index >= 15 is 0 Å². The van der Waals surface area contributed by atoms with Gasteiger partial charge < -0.3 is 10.1 Å². The average Bonchev–Trinajstić information content (AvgIpc) is 2.87. The van der Waals surface area contributed by atoms with E-state index < -0.39 is 10.0 Å². The molecule has 2 N–H and O–H groups in total. The quantitative estimate of drug-likeness (QED) is 0.426. The Balaban J connectivity index is 1.74. The predicted molar refractivity (Wildman–Crippen MR) is 135 cm³/mol. The Morgan fingerprint density at radius 2 is 1.62 bits per heavy atom. The first-order chi connectivity index (χ1) is 16.4. The van der Waals surface area contributed by atoms with Gasteiger partial charge in [-0.3, -0.25) is 14.4 Å². The van der Waals surface area contributed by atoms with Crippen LogP contribution in [-0.4, -0.2) is 46.0 Å². The number of hydrogen-bond donors (Lipinski definition) is 2. The van der Waals surface area contributed by atoms with Crippen molar-refractivity contribution in [2.75, 3.05) is 31.5 Å². The van der Waals surface area contributed by atoms with Crippen LogP contribution < -0.4 is 14.8 Å². The summed E-state index contributed by atoms with van der Waals surface area (Å²) in [4.78, 5) is 15.2. The van der Waals surface area contributed by atoms with Crippen LogP contribution in [0, 0.1) is 0 Å². The van der Waals surface area contributed by atoms with Crippen molar-refractivity contribution >= 4 is 21.6 Å². The van der Waals surface area contributed by atoms with Gasteiger partial charge in [-0.15, -0.1) is 0 Å².